The molecule has 0 N–H and O–H groups in total. The lowest BCUT2D eigenvalue weighted by Crippen LogP contribution is -2.32. The van der Waals surface area contributed by atoms with E-state index in [1.165, 1.54) is 13.8 Å². The third-order valence-electron chi connectivity index (χ3n) is 2.49. The molecule has 1 aromatic rings. The Morgan fingerprint density at radius 2 is 1.95 bits per heavy atom. The van der Waals surface area contributed by atoms with Gasteiger partial charge in [-0.15, -0.1) is 0 Å². The number of ether oxygens (including phenoxy) is 1. The van der Waals surface area contributed by atoms with Gasteiger partial charge in [-0.1, -0.05) is 6.92 Å². The fourth-order valence-electron chi connectivity index (χ4n) is 1.60. The average molecular weight is 292 g/mol. The fourth-order valence-corrected chi connectivity index (χ4v) is 3.28. The number of carbonyl (C=O) groups excluding carboxylic acids is 1. The Morgan fingerprint density at radius 3 is 2.47 bits per heavy atom. The maximum Gasteiger partial charge on any atom is 0.324 e. The van der Waals surface area contributed by atoms with Crippen LogP contribution in [0.5, 0.6) is 0 Å². The molecule has 0 aliphatic rings. The van der Waals surface area contributed by atoms with Crippen molar-refractivity contribution in [3.05, 3.63) is 29.8 Å². The summed E-state index contributed by atoms with van der Waals surface area (Å²) in [6.07, 6.45) is -0.0862. The second-order valence-corrected chi connectivity index (χ2v) is 5.87. The molecule has 4 nitrogen and oxygen atoms in total. The molecule has 0 aromatic heterocycles. The van der Waals surface area contributed by atoms with Crippen LogP contribution in [0.2, 0.25) is 0 Å². The first-order valence-electron chi connectivity index (χ1n) is 5.70. The van der Waals surface area contributed by atoms with Crippen molar-refractivity contribution in [3.63, 3.8) is 0 Å². The van der Waals surface area contributed by atoms with E-state index in [0.29, 0.717) is 12.1 Å². The van der Waals surface area contributed by atoms with Gasteiger partial charge in [0.2, 0.25) is 0 Å². The molecule has 0 saturated heterocycles. The van der Waals surface area contributed by atoms with E-state index < -0.39 is 37.6 Å². The van der Waals surface area contributed by atoms with Crippen molar-refractivity contribution in [1.82, 2.24) is 0 Å². The lowest BCUT2D eigenvalue weighted by molar-refractivity contribution is -0.142. The Balaban J connectivity index is 3.28. The zero-order valence-corrected chi connectivity index (χ0v) is 11.3. The average Bonchev–Trinajstić information content (AvgIpc) is 2.33. The Morgan fingerprint density at radius 1 is 1.32 bits per heavy atom. The summed E-state index contributed by atoms with van der Waals surface area (Å²) >= 11 is 0. The molecule has 0 radical (unpaired) electrons. The van der Waals surface area contributed by atoms with Crippen LogP contribution in [0.15, 0.2) is 23.1 Å². The van der Waals surface area contributed by atoms with Gasteiger partial charge in [0.25, 0.3) is 0 Å². The van der Waals surface area contributed by atoms with Crippen molar-refractivity contribution >= 4 is 15.8 Å². The van der Waals surface area contributed by atoms with Crippen molar-refractivity contribution < 1.29 is 26.7 Å². The summed E-state index contributed by atoms with van der Waals surface area (Å²) in [7, 11) is -4.32. The van der Waals surface area contributed by atoms with E-state index in [-0.39, 0.29) is 13.0 Å². The summed E-state index contributed by atoms with van der Waals surface area (Å²) in [6, 6.07) is 2.08. The van der Waals surface area contributed by atoms with E-state index in [2.05, 4.69) is 4.74 Å². The van der Waals surface area contributed by atoms with Crippen LogP contribution in [-0.4, -0.2) is 26.2 Å². The molecule has 7 heteroatoms. The number of hydrogen-bond donors (Lipinski definition) is 0. The molecule has 1 rings (SSSR count). The topological polar surface area (TPSA) is 60.4 Å². The second-order valence-electron chi connectivity index (χ2n) is 3.77. The largest absolute Gasteiger partial charge is 0.465 e. The summed E-state index contributed by atoms with van der Waals surface area (Å²) in [5.74, 6) is -2.95. The molecule has 1 unspecified atom stereocenters. The van der Waals surface area contributed by atoms with Crippen LogP contribution >= 0.6 is 0 Å². The van der Waals surface area contributed by atoms with E-state index in [1.807, 2.05) is 0 Å². The highest BCUT2D eigenvalue weighted by Gasteiger charge is 2.35. The minimum Gasteiger partial charge on any atom is -0.465 e. The van der Waals surface area contributed by atoms with Crippen LogP contribution in [0, 0.1) is 11.6 Å². The minimum atomic E-state index is -4.32. The highest BCUT2D eigenvalue weighted by atomic mass is 32.2. The highest BCUT2D eigenvalue weighted by Crippen LogP contribution is 2.23. The van der Waals surface area contributed by atoms with Gasteiger partial charge in [0.15, 0.2) is 15.1 Å². The van der Waals surface area contributed by atoms with Crippen LogP contribution in [0.1, 0.15) is 20.3 Å². The predicted molar refractivity (Wildman–Crippen MR) is 64.3 cm³/mol. The van der Waals surface area contributed by atoms with Crippen LogP contribution < -0.4 is 0 Å². The maximum atomic E-state index is 13.5. The minimum absolute atomic E-state index is 0.0104. The Labute approximate surface area is 110 Å². The summed E-state index contributed by atoms with van der Waals surface area (Å²) in [6.45, 7) is 2.99. The van der Waals surface area contributed by atoms with Gasteiger partial charge >= 0.3 is 5.97 Å². The molecule has 1 atom stereocenters. The number of esters is 1. The van der Waals surface area contributed by atoms with Crippen LogP contribution in [0.4, 0.5) is 8.78 Å². The van der Waals surface area contributed by atoms with E-state index in [4.69, 9.17) is 0 Å². The molecular formula is C12H14F2O4S. The maximum absolute atomic E-state index is 13.5. The first-order valence-corrected chi connectivity index (χ1v) is 7.24. The number of sulfone groups is 1. The lowest BCUT2D eigenvalue weighted by Gasteiger charge is -2.15. The number of rotatable bonds is 5. The monoisotopic (exact) mass is 292 g/mol. The zero-order chi connectivity index (χ0) is 14.6. The van der Waals surface area contributed by atoms with Gasteiger partial charge in [-0.2, -0.15) is 0 Å². The molecule has 106 valence electrons. The van der Waals surface area contributed by atoms with Crippen LogP contribution in [-0.2, 0) is 19.4 Å². The van der Waals surface area contributed by atoms with Crippen molar-refractivity contribution in [2.24, 2.45) is 0 Å². The van der Waals surface area contributed by atoms with Crippen LogP contribution in [0.25, 0.3) is 0 Å². The molecule has 0 bridgehead atoms. The molecule has 1 aromatic carbocycles. The molecule has 0 amide bonds. The number of hydrogen-bond acceptors (Lipinski definition) is 4. The molecule has 0 aliphatic heterocycles. The van der Waals surface area contributed by atoms with E-state index in [9.17, 15) is 22.0 Å². The van der Waals surface area contributed by atoms with Gasteiger partial charge in [-0.3, -0.25) is 4.79 Å². The van der Waals surface area contributed by atoms with Gasteiger partial charge in [0.1, 0.15) is 16.5 Å². The first-order chi connectivity index (χ1) is 8.84. The summed E-state index contributed by atoms with van der Waals surface area (Å²) in [5, 5.41) is -1.54. The smallest absolute Gasteiger partial charge is 0.324 e. The standard InChI is InChI=1S/C12H14F2O4S/c1-3-10(12(15)18-4-2)19(16,17)11-7-8(13)5-6-9(11)14/h5-7,10H,3-4H2,1-2H3. The van der Waals surface area contributed by atoms with Gasteiger partial charge < -0.3 is 4.74 Å². The van der Waals surface area contributed by atoms with Gasteiger partial charge in [-0.05, 0) is 31.5 Å². The highest BCUT2D eigenvalue weighted by molar-refractivity contribution is 7.92. The summed E-state index contributed by atoms with van der Waals surface area (Å²) in [5.41, 5.74) is 0. The lowest BCUT2D eigenvalue weighted by atomic mass is 10.3. The quantitative estimate of drug-likeness (QED) is 0.780. The number of benzene rings is 1. The number of halogens is 2. The third-order valence-corrected chi connectivity index (χ3v) is 4.70. The molecule has 19 heavy (non-hydrogen) atoms. The van der Waals surface area contributed by atoms with Crippen molar-refractivity contribution in [1.29, 1.82) is 0 Å². The van der Waals surface area contributed by atoms with E-state index in [1.54, 1.807) is 0 Å². The Kier molecular flexibility index (Phi) is 4.99. The molecule has 0 heterocycles. The number of carbonyl (C=O) groups is 1. The summed E-state index contributed by atoms with van der Waals surface area (Å²) < 4.78 is 55.5. The van der Waals surface area contributed by atoms with E-state index >= 15 is 0 Å². The predicted octanol–water partition coefficient (Wildman–Crippen LogP) is 2.08. The molecule has 0 saturated carbocycles. The molecular weight excluding hydrogens is 278 g/mol. The van der Waals surface area contributed by atoms with Gasteiger partial charge in [-0.25, -0.2) is 17.2 Å². The van der Waals surface area contributed by atoms with Gasteiger partial charge in [0.05, 0.1) is 6.61 Å². The molecule has 0 fully saturated rings. The molecule has 0 aliphatic carbocycles. The Hall–Kier alpha value is -1.50. The summed E-state index contributed by atoms with van der Waals surface area (Å²) in [4.78, 5) is 10.7. The second kappa shape index (κ2) is 6.10. The van der Waals surface area contributed by atoms with Crippen LogP contribution in [0.3, 0.4) is 0 Å². The fraction of sp³-hybridized carbons (Fsp3) is 0.417. The van der Waals surface area contributed by atoms with Crippen molar-refractivity contribution in [2.75, 3.05) is 6.61 Å². The normalized spacial score (nSPS) is 13.1. The Bertz CT molecular complexity index is 569. The van der Waals surface area contributed by atoms with Crippen molar-refractivity contribution in [3.8, 4) is 0 Å². The zero-order valence-electron chi connectivity index (χ0n) is 10.5. The SMILES string of the molecule is CCOC(=O)C(CC)S(=O)(=O)c1cc(F)ccc1F. The third kappa shape index (κ3) is 3.28. The first kappa shape index (κ1) is 15.6. The van der Waals surface area contributed by atoms with E-state index in [0.717, 1.165) is 6.07 Å². The van der Waals surface area contributed by atoms with Crippen molar-refractivity contribution in [2.45, 2.75) is 30.4 Å². The molecule has 0 spiro atoms. The van der Waals surface area contributed by atoms with Gasteiger partial charge in [0, 0.05) is 0 Å².